The van der Waals surface area contributed by atoms with Crippen molar-refractivity contribution in [3.05, 3.63) is 21.9 Å². The van der Waals surface area contributed by atoms with Crippen LogP contribution < -0.4 is 0 Å². The number of hydrogen-bond donors (Lipinski definition) is 1. The van der Waals surface area contributed by atoms with Crippen molar-refractivity contribution in [2.75, 3.05) is 13.1 Å². The summed E-state index contributed by atoms with van der Waals surface area (Å²) in [6, 6.07) is 3.12. The first-order chi connectivity index (χ1) is 8.99. The van der Waals surface area contributed by atoms with Gasteiger partial charge in [-0.05, 0) is 36.8 Å². The molecule has 19 heavy (non-hydrogen) atoms. The number of carbonyl (C=O) groups is 2. The van der Waals surface area contributed by atoms with E-state index in [1.807, 2.05) is 4.90 Å². The lowest BCUT2D eigenvalue weighted by atomic mass is 9.87. The maximum absolute atomic E-state index is 12.3. The van der Waals surface area contributed by atoms with Crippen LogP contribution in [0.1, 0.15) is 46.0 Å². The molecule has 2 heterocycles. The summed E-state index contributed by atoms with van der Waals surface area (Å²) >= 11 is 1.06. The van der Waals surface area contributed by atoms with Crippen LogP contribution in [0.5, 0.6) is 0 Å². The first-order valence-electron chi connectivity index (χ1n) is 6.61. The molecule has 5 heteroatoms. The quantitative estimate of drug-likeness (QED) is 0.926. The molecule has 1 N–H and O–H groups in total. The molecule has 0 unspecified atom stereocenters. The number of nitrogens with zero attached hydrogens (tertiary/aromatic N) is 1. The fourth-order valence-electron chi connectivity index (χ4n) is 2.49. The lowest BCUT2D eigenvalue weighted by molar-refractivity contribution is 0.0671. The molecule has 1 aromatic heterocycles. The molecular formula is C14H19NO3S. The molecule has 0 radical (unpaired) electrons. The highest BCUT2D eigenvalue weighted by molar-refractivity contribution is 7.15. The Morgan fingerprint density at radius 3 is 2.32 bits per heavy atom. The lowest BCUT2D eigenvalue weighted by Gasteiger charge is -2.33. The Balaban J connectivity index is 1.99. The number of carbonyl (C=O) groups excluding carboxylic acids is 1. The van der Waals surface area contributed by atoms with E-state index in [1.165, 1.54) is 6.07 Å². The van der Waals surface area contributed by atoms with Gasteiger partial charge >= 0.3 is 5.97 Å². The molecule has 104 valence electrons. The molecule has 1 fully saturated rings. The third-order valence-corrected chi connectivity index (χ3v) is 4.86. The fourth-order valence-corrected chi connectivity index (χ4v) is 3.31. The number of piperidine rings is 1. The molecular weight excluding hydrogens is 262 g/mol. The normalized spacial score (nSPS) is 16.9. The van der Waals surface area contributed by atoms with E-state index in [0.717, 1.165) is 37.3 Å². The maximum Gasteiger partial charge on any atom is 0.345 e. The smallest absolute Gasteiger partial charge is 0.345 e. The molecule has 0 aromatic carbocycles. The molecule has 0 atom stereocenters. The average Bonchev–Trinajstić information content (AvgIpc) is 2.87. The molecule has 1 aromatic rings. The van der Waals surface area contributed by atoms with Crippen LogP contribution in [0, 0.1) is 11.8 Å². The van der Waals surface area contributed by atoms with Gasteiger partial charge in [0.05, 0.1) is 4.88 Å². The summed E-state index contributed by atoms with van der Waals surface area (Å²) in [5.74, 6) is 0.363. The van der Waals surface area contributed by atoms with Gasteiger partial charge in [-0.3, -0.25) is 4.79 Å². The monoisotopic (exact) mass is 281 g/mol. The maximum atomic E-state index is 12.3. The highest BCUT2D eigenvalue weighted by Crippen LogP contribution is 2.26. The van der Waals surface area contributed by atoms with Crippen LogP contribution in [0.25, 0.3) is 0 Å². The van der Waals surface area contributed by atoms with E-state index >= 15 is 0 Å². The van der Waals surface area contributed by atoms with E-state index in [4.69, 9.17) is 5.11 Å². The third kappa shape index (κ3) is 3.15. The van der Waals surface area contributed by atoms with Crippen LogP contribution in [0.3, 0.4) is 0 Å². The summed E-state index contributed by atoms with van der Waals surface area (Å²) in [7, 11) is 0. The SMILES string of the molecule is CC(C)C1CCN(C(=O)c2ccc(C(=O)O)s2)CC1. The minimum atomic E-state index is -0.970. The van der Waals surface area contributed by atoms with Crippen LogP contribution in [0.2, 0.25) is 0 Å². The lowest BCUT2D eigenvalue weighted by Crippen LogP contribution is -2.39. The topological polar surface area (TPSA) is 57.6 Å². The molecule has 0 bridgehead atoms. The molecule has 4 nitrogen and oxygen atoms in total. The molecule has 0 aliphatic carbocycles. The van der Waals surface area contributed by atoms with Crippen LogP contribution >= 0.6 is 11.3 Å². The Bertz CT molecular complexity index is 473. The van der Waals surface area contributed by atoms with Gasteiger partial charge in [-0.25, -0.2) is 4.79 Å². The van der Waals surface area contributed by atoms with Gasteiger partial charge in [0.15, 0.2) is 0 Å². The van der Waals surface area contributed by atoms with Crippen LogP contribution in [-0.2, 0) is 0 Å². The van der Waals surface area contributed by atoms with Gasteiger partial charge in [-0.2, -0.15) is 0 Å². The van der Waals surface area contributed by atoms with E-state index in [9.17, 15) is 9.59 Å². The Morgan fingerprint density at radius 1 is 1.26 bits per heavy atom. The standard InChI is InChI=1S/C14H19NO3S/c1-9(2)10-5-7-15(8-6-10)13(16)11-3-4-12(19-11)14(17)18/h3-4,9-10H,5-8H2,1-2H3,(H,17,18). The van der Waals surface area contributed by atoms with Crippen LogP contribution in [-0.4, -0.2) is 35.0 Å². The van der Waals surface area contributed by atoms with Gasteiger partial charge in [0, 0.05) is 13.1 Å². The van der Waals surface area contributed by atoms with Gasteiger partial charge in [0.2, 0.25) is 0 Å². The highest BCUT2D eigenvalue weighted by Gasteiger charge is 2.26. The number of amides is 1. The predicted octanol–water partition coefficient (Wildman–Crippen LogP) is 2.95. The molecule has 2 rings (SSSR count). The minimum absolute atomic E-state index is 0.0280. The van der Waals surface area contributed by atoms with E-state index in [2.05, 4.69) is 13.8 Å². The van der Waals surface area contributed by atoms with Gasteiger partial charge in [-0.1, -0.05) is 13.8 Å². The van der Waals surface area contributed by atoms with Gasteiger partial charge in [0.1, 0.15) is 4.88 Å². The van der Waals surface area contributed by atoms with E-state index in [0.29, 0.717) is 16.7 Å². The van der Waals surface area contributed by atoms with Crippen LogP contribution in [0.15, 0.2) is 12.1 Å². The summed E-state index contributed by atoms with van der Waals surface area (Å²) in [4.78, 5) is 25.7. The molecule has 1 aliphatic heterocycles. The van der Waals surface area contributed by atoms with Crippen molar-refractivity contribution in [2.24, 2.45) is 11.8 Å². The third-order valence-electron chi connectivity index (χ3n) is 3.80. The van der Waals surface area contributed by atoms with Crippen molar-refractivity contribution < 1.29 is 14.7 Å². The molecule has 0 spiro atoms. The molecule has 0 saturated carbocycles. The number of thiophene rings is 1. The van der Waals surface area contributed by atoms with E-state index < -0.39 is 5.97 Å². The summed E-state index contributed by atoms with van der Waals surface area (Å²) in [6.45, 7) is 6.01. The number of likely N-dealkylation sites (tertiary alicyclic amines) is 1. The average molecular weight is 281 g/mol. The number of carboxylic acids is 1. The zero-order valence-corrected chi connectivity index (χ0v) is 12.1. The summed E-state index contributed by atoms with van der Waals surface area (Å²) < 4.78 is 0. The Labute approximate surface area is 117 Å². The van der Waals surface area contributed by atoms with Crippen molar-refractivity contribution in [3.8, 4) is 0 Å². The Kier molecular flexibility index (Phi) is 4.24. The Morgan fingerprint density at radius 2 is 1.84 bits per heavy atom. The summed E-state index contributed by atoms with van der Waals surface area (Å²) in [6.07, 6.45) is 2.08. The zero-order chi connectivity index (χ0) is 14.0. The van der Waals surface area contributed by atoms with Crippen molar-refractivity contribution in [3.63, 3.8) is 0 Å². The van der Waals surface area contributed by atoms with Crippen LogP contribution in [0.4, 0.5) is 0 Å². The second-order valence-corrected chi connectivity index (χ2v) is 6.43. The Hall–Kier alpha value is -1.36. The van der Waals surface area contributed by atoms with Crippen molar-refractivity contribution >= 4 is 23.2 Å². The minimum Gasteiger partial charge on any atom is -0.477 e. The zero-order valence-electron chi connectivity index (χ0n) is 11.3. The second kappa shape index (κ2) is 5.74. The fraction of sp³-hybridized carbons (Fsp3) is 0.571. The second-order valence-electron chi connectivity index (χ2n) is 5.34. The molecule has 1 saturated heterocycles. The number of hydrogen-bond acceptors (Lipinski definition) is 3. The largest absolute Gasteiger partial charge is 0.477 e. The summed E-state index contributed by atoms with van der Waals surface area (Å²) in [5.41, 5.74) is 0. The number of rotatable bonds is 3. The van der Waals surface area contributed by atoms with Crippen molar-refractivity contribution in [1.29, 1.82) is 0 Å². The highest BCUT2D eigenvalue weighted by atomic mass is 32.1. The first kappa shape index (κ1) is 14.1. The first-order valence-corrected chi connectivity index (χ1v) is 7.43. The number of aromatic carboxylic acids is 1. The van der Waals surface area contributed by atoms with E-state index in [1.54, 1.807) is 6.07 Å². The van der Waals surface area contributed by atoms with Gasteiger partial charge in [0.25, 0.3) is 5.91 Å². The number of carboxylic acid groups (broad SMARTS) is 1. The van der Waals surface area contributed by atoms with Crippen molar-refractivity contribution in [1.82, 2.24) is 4.90 Å². The van der Waals surface area contributed by atoms with Gasteiger partial charge in [-0.15, -0.1) is 11.3 Å². The molecule has 1 amide bonds. The van der Waals surface area contributed by atoms with Gasteiger partial charge < -0.3 is 10.0 Å². The summed E-state index contributed by atoms with van der Waals surface area (Å²) in [5, 5.41) is 8.87. The van der Waals surface area contributed by atoms with E-state index in [-0.39, 0.29) is 10.8 Å². The van der Waals surface area contributed by atoms with Crippen molar-refractivity contribution in [2.45, 2.75) is 26.7 Å². The molecule has 1 aliphatic rings. The predicted molar refractivity (Wildman–Crippen MR) is 74.7 cm³/mol.